The van der Waals surface area contributed by atoms with Gasteiger partial charge in [0.05, 0.1) is 0 Å². The highest BCUT2D eigenvalue weighted by atomic mass is 19.1. The van der Waals surface area contributed by atoms with Crippen LogP contribution in [0.15, 0.2) is 56.1 Å². The number of rotatable bonds is 3. The van der Waals surface area contributed by atoms with E-state index in [1.165, 1.54) is 12.1 Å². The molecule has 0 bridgehead atoms. The molecule has 4 rings (SSSR count). The molecule has 5 nitrogen and oxygen atoms in total. The number of furan rings is 1. The SMILES string of the molecule is Cc1ccc2c(COC(=O)c3oc4c(F)cccc4c3C)cc(=O)oc2c1. The molecule has 0 fully saturated rings. The van der Waals surface area contributed by atoms with Gasteiger partial charge in [-0.2, -0.15) is 0 Å². The molecule has 2 aromatic carbocycles. The largest absolute Gasteiger partial charge is 0.455 e. The van der Waals surface area contributed by atoms with Crippen molar-refractivity contribution in [1.29, 1.82) is 0 Å². The topological polar surface area (TPSA) is 69.7 Å². The highest BCUT2D eigenvalue weighted by molar-refractivity contribution is 5.96. The normalized spacial score (nSPS) is 11.2. The molecule has 0 atom stereocenters. The number of ether oxygens (including phenoxy) is 1. The molecule has 0 aliphatic carbocycles. The van der Waals surface area contributed by atoms with Gasteiger partial charge in [0, 0.05) is 28.0 Å². The Hall–Kier alpha value is -3.41. The third kappa shape index (κ3) is 2.99. The van der Waals surface area contributed by atoms with Gasteiger partial charge in [0.15, 0.2) is 11.4 Å². The summed E-state index contributed by atoms with van der Waals surface area (Å²) in [6.45, 7) is 3.41. The van der Waals surface area contributed by atoms with Crippen LogP contribution in [0.1, 0.15) is 27.2 Å². The molecule has 0 radical (unpaired) electrons. The summed E-state index contributed by atoms with van der Waals surface area (Å²) < 4.78 is 29.7. The van der Waals surface area contributed by atoms with Crippen molar-refractivity contribution in [3.8, 4) is 0 Å². The summed E-state index contributed by atoms with van der Waals surface area (Å²) >= 11 is 0. The van der Waals surface area contributed by atoms with Gasteiger partial charge in [-0.05, 0) is 31.5 Å². The lowest BCUT2D eigenvalue weighted by atomic mass is 10.1. The lowest BCUT2D eigenvalue weighted by molar-refractivity contribution is 0.0438. The number of halogens is 1. The van der Waals surface area contributed by atoms with E-state index in [-0.39, 0.29) is 18.0 Å². The number of hydrogen-bond acceptors (Lipinski definition) is 5. The minimum absolute atomic E-state index is 0.0169. The molecule has 0 saturated heterocycles. The van der Waals surface area contributed by atoms with E-state index < -0.39 is 17.4 Å². The molecule has 0 N–H and O–H groups in total. The van der Waals surface area contributed by atoms with E-state index in [9.17, 15) is 14.0 Å². The summed E-state index contributed by atoms with van der Waals surface area (Å²) in [6, 6.07) is 11.2. The molecule has 0 aliphatic rings. The Morgan fingerprint density at radius 2 is 1.89 bits per heavy atom. The highest BCUT2D eigenvalue weighted by Crippen LogP contribution is 2.28. The van der Waals surface area contributed by atoms with Crippen molar-refractivity contribution in [2.24, 2.45) is 0 Å². The van der Waals surface area contributed by atoms with Crippen LogP contribution >= 0.6 is 0 Å². The zero-order valence-corrected chi connectivity index (χ0v) is 14.7. The predicted octanol–water partition coefficient (Wildman–Crippen LogP) is 4.65. The lowest BCUT2D eigenvalue weighted by Crippen LogP contribution is -2.08. The number of hydrogen-bond donors (Lipinski definition) is 0. The van der Waals surface area contributed by atoms with Gasteiger partial charge in [-0.25, -0.2) is 14.0 Å². The minimum Gasteiger partial charge on any atom is -0.455 e. The van der Waals surface area contributed by atoms with E-state index in [1.807, 2.05) is 13.0 Å². The monoisotopic (exact) mass is 366 g/mol. The lowest BCUT2D eigenvalue weighted by Gasteiger charge is -2.07. The number of carbonyl (C=O) groups is 1. The molecule has 0 spiro atoms. The third-order valence-corrected chi connectivity index (χ3v) is 4.45. The van der Waals surface area contributed by atoms with Crippen LogP contribution < -0.4 is 5.63 Å². The quantitative estimate of drug-likeness (QED) is 0.390. The first-order valence-corrected chi connectivity index (χ1v) is 8.32. The Labute approximate surface area is 153 Å². The molecule has 0 aliphatic heterocycles. The molecule has 4 aromatic rings. The smallest absolute Gasteiger partial charge is 0.374 e. The Balaban J connectivity index is 1.66. The maximum absolute atomic E-state index is 13.9. The van der Waals surface area contributed by atoms with Crippen LogP contribution in [-0.2, 0) is 11.3 Å². The van der Waals surface area contributed by atoms with Gasteiger partial charge in [0.1, 0.15) is 12.2 Å². The molecule has 0 amide bonds. The molecule has 0 saturated carbocycles. The minimum atomic E-state index is -0.725. The van der Waals surface area contributed by atoms with Crippen molar-refractivity contribution in [3.05, 3.63) is 81.2 Å². The van der Waals surface area contributed by atoms with E-state index in [4.69, 9.17) is 13.6 Å². The van der Waals surface area contributed by atoms with Crippen LogP contribution in [0.3, 0.4) is 0 Å². The summed E-state index contributed by atoms with van der Waals surface area (Å²) in [5.41, 5.74) is 1.89. The van der Waals surface area contributed by atoms with E-state index in [1.54, 1.807) is 31.2 Å². The van der Waals surface area contributed by atoms with Gasteiger partial charge >= 0.3 is 11.6 Å². The zero-order chi connectivity index (χ0) is 19.1. The van der Waals surface area contributed by atoms with E-state index in [0.717, 1.165) is 5.56 Å². The number of esters is 1. The Kier molecular flexibility index (Phi) is 4.03. The first kappa shape index (κ1) is 17.0. The standard InChI is InChI=1S/C21H15FO5/c1-11-6-7-15-13(9-18(23)26-17(15)8-11)10-25-21(24)19-12(2)14-4-3-5-16(22)20(14)27-19/h3-9H,10H2,1-2H3. The summed E-state index contributed by atoms with van der Waals surface area (Å²) in [4.78, 5) is 24.2. The molecule has 2 heterocycles. The molecule has 0 unspecified atom stereocenters. The van der Waals surface area contributed by atoms with Gasteiger partial charge in [-0.1, -0.05) is 24.3 Å². The first-order valence-electron chi connectivity index (χ1n) is 8.32. The van der Waals surface area contributed by atoms with Crippen molar-refractivity contribution in [1.82, 2.24) is 0 Å². The maximum Gasteiger partial charge on any atom is 0.374 e. The Morgan fingerprint density at radius 3 is 2.67 bits per heavy atom. The number of benzene rings is 2. The summed E-state index contributed by atoms with van der Waals surface area (Å²) in [6.07, 6.45) is 0. The fraction of sp³-hybridized carbons (Fsp3) is 0.143. The van der Waals surface area contributed by atoms with Gasteiger partial charge in [0.2, 0.25) is 5.76 Å². The molecule has 2 aromatic heterocycles. The zero-order valence-electron chi connectivity index (χ0n) is 14.7. The van der Waals surface area contributed by atoms with Crippen LogP contribution in [-0.4, -0.2) is 5.97 Å². The predicted molar refractivity (Wildman–Crippen MR) is 97.2 cm³/mol. The van der Waals surface area contributed by atoms with Crippen molar-refractivity contribution in [3.63, 3.8) is 0 Å². The van der Waals surface area contributed by atoms with E-state index >= 15 is 0 Å². The van der Waals surface area contributed by atoms with Gasteiger partial charge in [-0.15, -0.1) is 0 Å². The third-order valence-electron chi connectivity index (χ3n) is 4.45. The maximum atomic E-state index is 13.9. The summed E-state index contributed by atoms with van der Waals surface area (Å²) in [7, 11) is 0. The average Bonchev–Trinajstić information content (AvgIpc) is 2.97. The summed E-state index contributed by atoms with van der Waals surface area (Å²) in [5, 5.41) is 1.20. The average molecular weight is 366 g/mol. The fourth-order valence-corrected chi connectivity index (χ4v) is 3.07. The van der Waals surface area contributed by atoms with Crippen LogP contribution in [0.2, 0.25) is 0 Å². The van der Waals surface area contributed by atoms with Crippen molar-refractivity contribution in [2.75, 3.05) is 0 Å². The first-order chi connectivity index (χ1) is 12.9. The Bertz CT molecular complexity index is 1250. The van der Waals surface area contributed by atoms with Crippen molar-refractivity contribution >= 4 is 27.9 Å². The van der Waals surface area contributed by atoms with Gasteiger partial charge in [0.25, 0.3) is 0 Å². The molecule has 6 heteroatoms. The highest BCUT2D eigenvalue weighted by Gasteiger charge is 2.21. The van der Waals surface area contributed by atoms with Gasteiger partial charge < -0.3 is 13.6 Å². The molecule has 27 heavy (non-hydrogen) atoms. The molecular formula is C21H15FO5. The second-order valence-electron chi connectivity index (χ2n) is 6.34. The van der Waals surface area contributed by atoms with Crippen molar-refractivity contribution in [2.45, 2.75) is 20.5 Å². The number of carbonyl (C=O) groups excluding carboxylic acids is 1. The number of para-hydroxylation sites is 1. The van der Waals surface area contributed by atoms with Crippen LogP contribution in [0.4, 0.5) is 4.39 Å². The van der Waals surface area contributed by atoms with Crippen molar-refractivity contribution < 1.29 is 22.8 Å². The van der Waals surface area contributed by atoms with E-state index in [2.05, 4.69) is 0 Å². The second-order valence-corrected chi connectivity index (χ2v) is 6.34. The van der Waals surface area contributed by atoms with Crippen LogP contribution in [0.5, 0.6) is 0 Å². The second kappa shape index (κ2) is 6.39. The van der Waals surface area contributed by atoms with Crippen LogP contribution in [0, 0.1) is 19.7 Å². The summed E-state index contributed by atoms with van der Waals surface area (Å²) in [5.74, 6) is -1.33. The number of aryl methyl sites for hydroxylation is 2. The Morgan fingerprint density at radius 1 is 1.07 bits per heavy atom. The van der Waals surface area contributed by atoms with E-state index in [0.29, 0.717) is 27.5 Å². The van der Waals surface area contributed by atoms with Gasteiger partial charge in [-0.3, -0.25) is 0 Å². The molecular weight excluding hydrogens is 351 g/mol. The molecule has 136 valence electrons. The van der Waals surface area contributed by atoms with Crippen LogP contribution in [0.25, 0.3) is 21.9 Å². The number of fused-ring (bicyclic) bond motifs is 2. The fourth-order valence-electron chi connectivity index (χ4n) is 3.07.